The maximum Gasteiger partial charge on any atom is 0.336 e. The van der Waals surface area contributed by atoms with Gasteiger partial charge in [0.1, 0.15) is 0 Å². The first kappa shape index (κ1) is 15.6. The van der Waals surface area contributed by atoms with Crippen LogP contribution >= 0.6 is 0 Å². The minimum Gasteiger partial charge on any atom is -0.478 e. The lowest BCUT2D eigenvalue weighted by atomic mass is 9.80. The lowest BCUT2D eigenvalue weighted by Gasteiger charge is -2.26. The van der Waals surface area contributed by atoms with Crippen LogP contribution in [0.3, 0.4) is 0 Å². The first-order chi connectivity index (χ1) is 12.1. The van der Waals surface area contributed by atoms with Gasteiger partial charge >= 0.3 is 5.97 Å². The van der Waals surface area contributed by atoms with Crippen molar-refractivity contribution in [2.24, 2.45) is 5.92 Å². The molecule has 0 saturated carbocycles. The molecule has 0 spiro atoms. The Labute approximate surface area is 146 Å². The molecule has 0 unspecified atom stereocenters. The fraction of sp³-hybridized carbons (Fsp3) is 0.182. The highest BCUT2D eigenvalue weighted by Gasteiger charge is 2.27. The summed E-state index contributed by atoms with van der Waals surface area (Å²) in [6, 6.07) is 17.7. The van der Waals surface area contributed by atoms with Gasteiger partial charge in [0.15, 0.2) is 0 Å². The highest BCUT2D eigenvalue weighted by Crippen LogP contribution is 2.38. The number of carbonyl (C=O) groups is 1. The number of pyridine rings is 1. The SMILES string of the molecule is C[C@H]1C/C(=C\c2ccccc2)c2nc3ccccc3c(C(=O)O)c2C1. The summed E-state index contributed by atoms with van der Waals surface area (Å²) < 4.78 is 0. The molecular weight excluding hydrogens is 310 g/mol. The summed E-state index contributed by atoms with van der Waals surface area (Å²) >= 11 is 0. The van der Waals surface area contributed by atoms with E-state index in [-0.39, 0.29) is 0 Å². The molecule has 2 aromatic carbocycles. The Bertz CT molecular complexity index is 990. The van der Waals surface area contributed by atoms with Gasteiger partial charge in [0.05, 0.1) is 16.8 Å². The highest BCUT2D eigenvalue weighted by atomic mass is 16.4. The molecule has 3 nitrogen and oxygen atoms in total. The summed E-state index contributed by atoms with van der Waals surface area (Å²) in [5.41, 5.74) is 5.10. The molecule has 1 aromatic heterocycles. The summed E-state index contributed by atoms with van der Waals surface area (Å²) in [5, 5.41) is 10.6. The van der Waals surface area contributed by atoms with E-state index in [1.807, 2.05) is 42.5 Å². The zero-order valence-electron chi connectivity index (χ0n) is 14.1. The summed E-state index contributed by atoms with van der Waals surface area (Å²) in [6.07, 6.45) is 3.80. The first-order valence-corrected chi connectivity index (χ1v) is 8.54. The van der Waals surface area contributed by atoms with E-state index in [0.717, 1.165) is 46.1 Å². The topological polar surface area (TPSA) is 50.2 Å². The lowest BCUT2D eigenvalue weighted by molar-refractivity contribution is 0.0697. The number of para-hydroxylation sites is 1. The van der Waals surface area contributed by atoms with Gasteiger partial charge in [-0.05, 0) is 47.6 Å². The molecule has 1 heterocycles. The largest absolute Gasteiger partial charge is 0.478 e. The molecule has 1 N–H and O–H groups in total. The Morgan fingerprint density at radius 1 is 1.08 bits per heavy atom. The van der Waals surface area contributed by atoms with E-state index >= 15 is 0 Å². The molecule has 0 fully saturated rings. The first-order valence-electron chi connectivity index (χ1n) is 8.54. The second kappa shape index (κ2) is 6.17. The van der Waals surface area contributed by atoms with Crippen molar-refractivity contribution in [3.8, 4) is 0 Å². The van der Waals surface area contributed by atoms with Crippen LogP contribution in [0.2, 0.25) is 0 Å². The summed E-state index contributed by atoms with van der Waals surface area (Å²) in [4.78, 5) is 16.9. The fourth-order valence-electron chi connectivity index (χ4n) is 3.73. The number of aromatic carboxylic acids is 1. The van der Waals surface area contributed by atoms with Crippen LogP contribution in [-0.4, -0.2) is 16.1 Å². The molecule has 25 heavy (non-hydrogen) atoms. The smallest absolute Gasteiger partial charge is 0.336 e. The predicted molar refractivity (Wildman–Crippen MR) is 101 cm³/mol. The number of hydrogen-bond acceptors (Lipinski definition) is 2. The maximum absolute atomic E-state index is 12.0. The lowest BCUT2D eigenvalue weighted by Crippen LogP contribution is -2.17. The number of nitrogens with zero attached hydrogens (tertiary/aromatic N) is 1. The van der Waals surface area contributed by atoms with Crippen LogP contribution in [0.5, 0.6) is 0 Å². The Morgan fingerprint density at radius 2 is 1.80 bits per heavy atom. The van der Waals surface area contributed by atoms with E-state index < -0.39 is 5.97 Å². The summed E-state index contributed by atoms with van der Waals surface area (Å²) in [7, 11) is 0. The van der Waals surface area contributed by atoms with Crippen LogP contribution in [0.15, 0.2) is 54.6 Å². The highest BCUT2D eigenvalue weighted by molar-refractivity contribution is 6.05. The van der Waals surface area contributed by atoms with Gasteiger partial charge in [0.2, 0.25) is 0 Å². The Morgan fingerprint density at radius 3 is 2.56 bits per heavy atom. The summed E-state index contributed by atoms with van der Waals surface area (Å²) in [5.74, 6) is -0.480. The zero-order valence-corrected chi connectivity index (χ0v) is 14.1. The van der Waals surface area contributed by atoms with Crippen LogP contribution in [-0.2, 0) is 6.42 Å². The Kier molecular flexibility index (Phi) is 3.85. The molecule has 0 amide bonds. The van der Waals surface area contributed by atoms with Gasteiger partial charge in [-0.1, -0.05) is 55.5 Å². The van der Waals surface area contributed by atoms with Crippen molar-refractivity contribution in [3.05, 3.63) is 77.0 Å². The van der Waals surface area contributed by atoms with E-state index in [9.17, 15) is 9.90 Å². The van der Waals surface area contributed by atoms with E-state index in [1.165, 1.54) is 0 Å². The molecular formula is C22H19NO2. The standard InChI is InChI=1S/C22H19NO2/c1-14-11-16(13-15-7-3-2-4-8-15)21-18(12-14)20(22(24)25)17-9-5-6-10-19(17)23-21/h2-10,13-14H,11-12H2,1H3,(H,24,25)/b16-13+/t14-/m0/s1. The average molecular weight is 329 g/mol. The quantitative estimate of drug-likeness (QED) is 0.715. The van der Waals surface area contributed by atoms with Crippen LogP contribution in [0.1, 0.15) is 40.5 Å². The van der Waals surface area contributed by atoms with Crippen LogP contribution in [0, 0.1) is 5.92 Å². The minimum absolute atomic E-state index is 0.392. The van der Waals surface area contributed by atoms with Gasteiger partial charge in [-0.15, -0.1) is 0 Å². The maximum atomic E-state index is 12.0. The molecule has 0 bridgehead atoms. The molecule has 0 aliphatic heterocycles. The van der Waals surface area contributed by atoms with Gasteiger partial charge in [0, 0.05) is 5.39 Å². The summed E-state index contributed by atoms with van der Waals surface area (Å²) in [6.45, 7) is 2.17. The van der Waals surface area contributed by atoms with Gasteiger partial charge in [-0.2, -0.15) is 0 Å². The fourth-order valence-corrected chi connectivity index (χ4v) is 3.73. The number of carboxylic acid groups (broad SMARTS) is 1. The van der Waals surface area contributed by atoms with Gasteiger partial charge in [-0.25, -0.2) is 9.78 Å². The molecule has 124 valence electrons. The number of carboxylic acids is 1. The van der Waals surface area contributed by atoms with Gasteiger partial charge in [0.25, 0.3) is 0 Å². The molecule has 4 rings (SSSR count). The van der Waals surface area contributed by atoms with Crippen molar-refractivity contribution in [2.75, 3.05) is 0 Å². The molecule has 1 aliphatic carbocycles. The number of aromatic nitrogens is 1. The number of benzene rings is 2. The number of hydrogen-bond donors (Lipinski definition) is 1. The molecule has 0 radical (unpaired) electrons. The van der Waals surface area contributed by atoms with Crippen molar-refractivity contribution in [3.63, 3.8) is 0 Å². The molecule has 3 aromatic rings. The minimum atomic E-state index is -0.872. The van der Waals surface area contributed by atoms with Crippen molar-refractivity contribution in [1.82, 2.24) is 4.98 Å². The number of fused-ring (bicyclic) bond motifs is 2. The third-order valence-corrected chi connectivity index (χ3v) is 4.77. The van der Waals surface area contributed by atoms with Gasteiger partial charge < -0.3 is 5.11 Å². The third kappa shape index (κ3) is 2.82. The predicted octanol–water partition coefficient (Wildman–Crippen LogP) is 5.06. The third-order valence-electron chi connectivity index (χ3n) is 4.77. The van der Waals surface area contributed by atoms with E-state index in [2.05, 4.69) is 25.1 Å². The van der Waals surface area contributed by atoms with Crippen molar-refractivity contribution in [1.29, 1.82) is 0 Å². The monoisotopic (exact) mass is 329 g/mol. The second-order valence-electron chi connectivity index (χ2n) is 6.73. The molecule has 1 aliphatic rings. The van der Waals surface area contributed by atoms with Crippen molar-refractivity contribution in [2.45, 2.75) is 19.8 Å². The number of rotatable bonds is 2. The van der Waals surface area contributed by atoms with E-state index in [1.54, 1.807) is 0 Å². The van der Waals surface area contributed by atoms with Gasteiger partial charge in [-0.3, -0.25) is 0 Å². The van der Waals surface area contributed by atoms with E-state index in [0.29, 0.717) is 11.5 Å². The zero-order chi connectivity index (χ0) is 17.4. The molecule has 1 atom stereocenters. The number of allylic oxidation sites excluding steroid dienone is 1. The van der Waals surface area contributed by atoms with Crippen molar-refractivity contribution >= 4 is 28.5 Å². The second-order valence-corrected chi connectivity index (χ2v) is 6.73. The molecule has 3 heteroatoms. The molecule has 0 saturated heterocycles. The van der Waals surface area contributed by atoms with Crippen LogP contribution in [0.4, 0.5) is 0 Å². The normalized spacial score (nSPS) is 18.3. The average Bonchev–Trinajstić information content (AvgIpc) is 2.60. The Balaban J connectivity index is 2.00. The Hall–Kier alpha value is -2.94. The van der Waals surface area contributed by atoms with Crippen LogP contribution < -0.4 is 0 Å². The van der Waals surface area contributed by atoms with E-state index in [4.69, 9.17) is 4.98 Å². The van der Waals surface area contributed by atoms with Crippen LogP contribution in [0.25, 0.3) is 22.6 Å². The van der Waals surface area contributed by atoms with Crippen molar-refractivity contribution < 1.29 is 9.90 Å².